The molecule has 3 heterocycles. The highest BCUT2D eigenvalue weighted by atomic mass is 15.0. The van der Waals surface area contributed by atoms with Crippen LogP contribution in [0.2, 0.25) is 0 Å². The predicted molar refractivity (Wildman–Crippen MR) is 219 cm³/mol. The van der Waals surface area contributed by atoms with Gasteiger partial charge in [-0.05, 0) is 41.5 Å². The molecule has 0 amide bonds. The summed E-state index contributed by atoms with van der Waals surface area (Å²) in [5.41, 5.74) is 13.6. The van der Waals surface area contributed by atoms with Crippen molar-refractivity contribution in [1.82, 2.24) is 19.5 Å². The van der Waals surface area contributed by atoms with Gasteiger partial charge in [-0.3, -0.25) is 0 Å². The van der Waals surface area contributed by atoms with Crippen LogP contribution < -0.4 is 0 Å². The Labute approximate surface area is 307 Å². The Morgan fingerprint density at radius 2 is 0.849 bits per heavy atom. The summed E-state index contributed by atoms with van der Waals surface area (Å²) in [5.74, 6) is 0.701. The number of aromatic nitrogens is 4. The Bertz CT molecular complexity index is 2840. The number of hydrogen-bond donors (Lipinski definition) is 0. The molecule has 0 aliphatic rings. The fourth-order valence-electron chi connectivity index (χ4n) is 7.46. The van der Waals surface area contributed by atoms with Crippen molar-refractivity contribution in [3.63, 3.8) is 0 Å². The minimum absolute atomic E-state index is 0.701. The Hall–Kier alpha value is -7.17. The zero-order valence-electron chi connectivity index (χ0n) is 28.8. The number of nitrogens with zero attached hydrogens (tertiary/aromatic N) is 4. The fraction of sp³-hybridized carbons (Fsp3) is 0. The summed E-state index contributed by atoms with van der Waals surface area (Å²) in [6, 6.07) is 67.8. The normalized spacial score (nSPS) is 11.4. The second-order valence-electron chi connectivity index (χ2n) is 13.2. The number of hydrogen-bond acceptors (Lipinski definition) is 3. The first kappa shape index (κ1) is 30.6. The van der Waals surface area contributed by atoms with Crippen LogP contribution in [-0.2, 0) is 0 Å². The van der Waals surface area contributed by atoms with Crippen LogP contribution in [0.25, 0.3) is 94.7 Å². The van der Waals surface area contributed by atoms with Crippen molar-refractivity contribution in [1.29, 1.82) is 0 Å². The van der Waals surface area contributed by atoms with Gasteiger partial charge >= 0.3 is 0 Å². The molecule has 53 heavy (non-hydrogen) atoms. The molecule has 0 unspecified atom stereocenters. The van der Waals surface area contributed by atoms with Crippen molar-refractivity contribution in [3.05, 3.63) is 194 Å². The van der Waals surface area contributed by atoms with Crippen molar-refractivity contribution in [3.8, 4) is 62.0 Å². The quantitative estimate of drug-likeness (QED) is 0.176. The first-order valence-electron chi connectivity index (χ1n) is 17.9. The Balaban J connectivity index is 1.06. The maximum absolute atomic E-state index is 5.33. The molecule has 0 fully saturated rings. The van der Waals surface area contributed by atoms with E-state index in [1.807, 2.05) is 36.4 Å². The van der Waals surface area contributed by atoms with Crippen LogP contribution in [0.5, 0.6) is 0 Å². The van der Waals surface area contributed by atoms with Gasteiger partial charge in [0.2, 0.25) is 0 Å². The monoisotopic (exact) mass is 676 g/mol. The lowest BCUT2D eigenvalue weighted by molar-refractivity contribution is 1.17. The van der Waals surface area contributed by atoms with Gasteiger partial charge in [0.05, 0.1) is 33.6 Å². The largest absolute Gasteiger partial charge is 0.307 e. The molecule has 0 bridgehead atoms. The summed E-state index contributed by atoms with van der Waals surface area (Å²) in [4.78, 5) is 15.4. The summed E-state index contributed by atoms with van der Waals surface area (Å²) in [6.07, 6.45) is 0. The first-order valence-corrected chi connectivity index (χ1v) is 17.9. The second kappa shape index (κ2) is 12.9. The summed E-state index contributed by atoms with van der Waals surface area (Å²) in [5, 5.41) is 3.60. The molecule has 0 atom stereocenters. The highest BCUT2D eigenvalue weighted by molar-refractivity contribution is 6.23. The van der Waals surface area contributed by atoms with Crippen LogP contribution in [0.15, 0.2) is 194 Å². The van der Waals surface area contributed by atoms with Crippen LogP contribution in [0.4, 0.5) is 0 Å². The van der Waals surface area contributed by atoms with Gasteiger partial charge in [0.15, 0.2) is 5.82 Å². The molecule has 0 spiro atoms. The highest BCUT2D eigenvalue weighted by Crippen LogP contribution is 2.41. The first-order chi connectivity index (χ1) is 26.3. The molecule has 4 nitrogen and oxygen atoms in total. The van der Waals surface area contributed by atoms with Crippen LogP contribution in [-0.4, -0.2) is 19.5 Å². The third-order valence-electron chi connectivity index (χ3n) is 10.0. The Kier molecular flexibility index (Phi) is 7.43. The van der Waals surface area contributed by atoms with Gasteiger partial charge in [0, 0.05) is 44.1 Å². The molecule has 7 aromatic carbocycles. The molecule has 0 aliphatic heterocycles. The fourth-order valence-corrected chi connectivity index (χ4v) is 7.46. The molecule has 3 aromatic heterocycles. The van der Waals surface area contributed by atoms with E-state index in [1.165, 1.54) is 16.3 Å². The van der Waals surface area contributed by atoms with Gasteiger partial charge in [-0.25, -0.2) is 15.0 Å². The van der Waals surface area contributed by atoms with Crippen LogP contribution in [0, 0.1) is 0 Å². The predicted octanol–water partition coefficient (Wildman–Crippen LogP) is 12.5. The van der Waals surface area contributed by atoms with E-state index >= 15 is 0 Å². The minimum atomic E-state index is 0.701. The van der Waals surface area contributed by atoms with E-state index in [0.717, 1.165) is 72.6 Å². The van der Waals surface area contributed by atoms with Crippen molar-refractivity contribution >= 4 is 32.7 Å². The van der Waals surface area contributed by atoms with Gasteiger partial charge in [0.1, 0.15) is 0 Å². The van der Waals surface area contributed by atoms with Crippen molar-refractivity contribution in [2.75, 3.05) is 0 Å². The zero-order chi connectivity index (χ0) is 35.1. The molecule has 0 radical (unpaired) electrons. The third kappa shape index (κ3) is 5.45. The zero-order valence-corrected chi connectivity index (χ0v) is 28.8. The SMILES string of the molecule is c1ccc(-c2cc(-c3ccccc3)nc(-c3ccc(-c4ccc(-c5nc6ccccc6c6c7ccccc7n(-c7ccccc7)c56)cc4)cc3)n2)cc1. The molecule has 0 saturated carbocycles. The van der Waals surface area contributed by atoms with E-state index in [9.17, 15) is 0 Å². The summed E-state index contributed by atoms with van der Waals surface area (Å²) in [6.45, 7) is 0. The van der Waals surface area contributed by atoms with E-state index in [2.05, 4.69) is 162 Å². The van der Waals surface area contributed by atoms with Crippen LogP contribution >= 0.6 is 0 Å². The second-order valence-corrected chi connectivity index (χ2v) is 13.2. The molecule has 0 saturated heterocycles. The molecule has 10 rings (SSSR count). The van der Waals surface area contributed by atoms with Gasteiger partial charge in [-0.2, -0.15) is 0 Å². The van der Waals surface area contributed by atoms with Gasteiger partial charge in [0.25, 0.3) is 0 Å². The summed E-state index contributed by atoms with van der Waals surface area (Å²) < 4.78 is 2.37. The lowest BCUT2D eigenvalue weighted by Gasteiger charge is -2.13. The van der Waals surface area contributed by atoms with Crippen molar-refractivity contribution in [2.45, 2.75) is 0 Å². The highest BCUT2D eigenvalue weighted by Gasteiger charge is 2.20. The lowest BCUT2D eigenvalue weighted by Crippen LogP contribution is -1.97. The van der Waals surface area contributed by atoms with E-state index in [-0.39, 0.29) is 0 Å². The van der Waals surface area contributed by atoms with E-state index in [4.69, 9.17) is 15.0 Å². The molecule has 0 N–H and O–H groups in total. The van der Waals surface area contributed by atoms with Gasteiger partial charge < -0.3 is 4.57 Å². The number of rotatable bonds is 6. The smallest absolute Gasteiger partial charge is 0.160 e. The molecular weight excluding hydrogens is 645 g/mol. The van der Waals surface area contributed by atoms with Crippen molar-refractivity contribution in [2.24, 2.45) is 0 Å². The minimum Gasteiger partial charge on any atom is -0.307 e. The Morgan fingerprint density at radius 3 is 1.47 bits per heavy atom. The summed E-state index contributed by atoms with van der Waals surface area (Å²) in [7, 11) is 0. The lowest BCUT2D eigenvalue weighted by atomic mass is 9.99. The molecular formula is C49H32N4. The van der Waals surface area contributed by atoms with Gasteiger partial charge in [-0.1, -0.05) is 164 Å². The van der Waals surface area contributed by atoms with Crippen molar-refractivity contribution < 1.29 is 0 Å². The van der Waals surface area contributed by atoms with E-state index < -0.39 is 0 Å². The van der Waals surface area contributed by atoms with Crippen LogP contribution in [0.1, 0.15) is 0 Å². The number of benzene rings is 7. The summed E-state index contributed by atoms with van der Waals surface area (Å²) >= 11 is 0. The standard InChI is InChI=1S/C49H32N4/c1-4-14-35(15-5-1)43-32-44(36-16-6-2-7-17-36)52-49(51-43)38-30-26-34(27-31-38)33-24-28-37(29-25-33)47-48-46(40-20-10-12-22-42(40)50-47)41-21-11-13-23-45(41)53(48)39-18-8-3-9-19-39/h1-32H. The van der Waals surface area contributed by atoms with E-state index in [1.54, 1.807) is 0 Å². The van der Waals surface area contributed by atoms with E-state index in [0.29, 0.717) is 5.82 Å². The molecule has 4 heteroatoms. The number of para-hydroxylation sites is 3. The third-order valence-corrected chi connectivity index (χ3v) is 10.0. The Morgan fingerprint density at radius 1 is 0.358 bits per heavy atom. The van der Waals surface area contributed by atoms with Gasteiger partial charge in [-0.15, -0.1) is 0 Å². The average Bonchev–Trinajstić information content (AvgIpc) is 3.60. The average molecular weight is 677 g/mol. The molecule has 10 aromatic rings. The molecule has 0 aliphatic carbocycles. The van der Waals surface area contributed by atoms with Crippen LogP contribution in [0.3, 0.4) is 0 Å². The number of fused-ring (bicyclic) bond motifs is 5. The maximum atomic E-state index is 5.33. The topological polar surface area (TPSA) is 43.6 Å². The maximum Gasteiger partial charge on any atom is 0.160 e. The molecule has 248 valence electrons. The number of pyridine rings is 1.